The van der Waals surface area contributed by atoms with Crippen LogP contribution < -0.4 is 5.73 Å². The molecule has 0 aliphatic rings. The van der Waals surface area contributed by atoms with E-state index in [2.05, 4.69) is 10.2 Å². The first-order chi connectivity index (χ1) is 10.1. The Balaban J connectivity index is 2.12. The van der Waals surface area contributed by atoms with E-state index in [9.17, 15) is 4.79 Å². The third kappa shape index (κ3) is 3.89. The number of azo groups is 1. The molecule has 0 amide bonds. The Morgan fingerprint density at radius 3 is 2.48 bits per heavy atom. The van der Waals surface area contributed by atoms with Gasteiger partial charge in [-0.25, -0.2) is 4.79 Å². The van der Waals surface area contributed by atoms with Crippen molar-refractivity contribution in [1.82, 2.24) is 0 Å². The molecule has 0 radical (unpaired) electrons. The van der Waals surface area contributed by atoms with E-state index in [1.165, 1.54) is 0 Å². The largest absolute Gasteiger partial charge is 0.462 e. The molecule has 5 nitrogen and oxygen atoms in total. The van der Waals surface area contributed by atoms with Gasteiger partial charge in [0.25, 0.3) is 0 Å². The molecule has 2 aromatic carbocycles. The van der Waals surface area contributed by atoms with E-state index < -0.39 is 0 Å². The van der Waals surface area contributed by atoms with Crippen molar-refractivity contribution in [2.45, 2.75) is 13.8 Å². The molecule has 2 N–H and O–H groups in total. The Morgan fingerprint density at radius 2 is 1.86 bits per heavy atom. The molecule has 0 unspecified atom stereocenters. The van der Waals surface area contributed by atoms with Gasteiger partial charge in [-0.1, -0.05) is 0 Å². The van der Waals surface area contributed by atoms with Crippen LogP contribution in [0.15, 0.2) is 52.7 Å². The third-order valence-electron chi connectivity index (χ3n) is 2.87. The maximum Gasteiger partial charge on any atom is 0.338 e. The lowest BCUT2D eigenvalue weighted by atomic mass is 10.2. The van der Waals surface area contributed by atoms with Crippen LogP contribution in [-0.2, 0) is 4.74 Å². The number of anilines is 1. The van der Waals surface area contributed by atoms with Crippen LogP contribution in [0.1, 0.15) is 22.8 Å². The van der Waals surface area contributed by atoms with Gasteiger partial charge in [0.05, 0.1) is 23.5 Å². The molecule has 0 bridgehead atoms. The van der Waals surface area contributed by atoms with Crippen molar-refractivity contribution in [2.75, 3.05) is 12.3 Å². The maximum atomic E-state index is 11.5. The highest BCUT2D eigenvalue weighted by molar-refractivity contribution is 5.89. The monoisotopic (exact) mass is 283 g/mol. The topological polar surface area (TPSA) is 77.0 Å². The van der Waals surface area contributed by atoms with Gasteiger partial charge in [0.2, 0.25) is 0 Å². The Hall–Kier alpha value is -2.69. The van der Waals surface area contributed by atoms with Crippen LogP contribution in [0.5, 0.6) is 0 Å². The smallest absolute Gasteiger partial charge is 0.338 e. The zero-order valence-electron chi connectivity index (χ0n) is 12.0. The van der Waals surface area contributed by atoms with Crippen LogP contribution in [0, 0.1) is 6.92 Å². The standard InChI is InChI=1S/C16H17N3O2/c1-3-21-16(20)12-4-7-14(8-5-12)18-19-15-9-6-13(17)10-11(15)2/h4-10H,3,17H2,1-2H3/b19-18+. The Labute approximate surface area is 123 Å². The average molecular weight is 283 g/mol. The Bertz CT molecular complexity index is 664. The van der Waals surface area contributed by atoms with E-state index in [4.69, 9.17) is 10.5 Å². The predicted octanol–water partition coefficient (Wildman–Crippen LogP) is 4.17. The number of hydrogen-bond acceptors (Lipinski definition) is 5. The van der Waals surface area contributed by atoms with Crippen molar-refractivity contribution in [1.29, 1.82) is 0 Å². The number of nitrogens with zero attached hydrogens (tertiary/aromatic N) is 2. The van der Waals surface area contributed by atoms with Crippen LogP contribution in [0.2, 0.25) is 0 Å². The number of rotatable bonds is 4. The van der Waals surface area contributed by atoms with Gasteiger partial charge in [0, 0.05) is 5.69 Å². The highest BCUT2D eigenvalue weighted by Crippen LogP contribution is 2.23. The Morgan fingerprint density at radius 1 is 1.14 bits per heavy atom. The SMILES string of the molecule is CCOC(=O)c1ccc(/N=N/c2ccc(N)cc2C)cc1. The molecule has 0 aliphatic heterocycles. The van der Waals surface area contributed by atoms with Crippen LogP contribution in [0.4, 0.5) is 17.1 Å². The van der Waals surface area contributed by atoms with Crippen LogP contribution in [-0.4, -0.2) is 12.6 Å². The molecule has 0 aliphatic carbocycles. The molecule has 0 aromatic heterocycles. The zero-order chi connectivity index (χ0) is 15.2. The highest BCUT2D eigenvalue weighted by Gasteiger charge is 2.05. The summed E-state index contributed by atoms with van der Waals surface area (Å²) in [7, 11) is 0. The number of ether oxygens (including phenoxy) is 1. The van der Waals surface area contributed by atoms with Crippen molar-refractivity contribution in [3.05, 3.63) is 53.6 Å². The molecule has 108 valence electrons. The fraction of sp³-hybridized carbons (Fsp3) is 0.188. The van der Waals surface area contributed by atoms with Crippen molar-refractivity contribution in [2.24, 2.45) is 10.2 Å². The summed E-state index contributed by atoms with van der Waals surface area (Å²) >= 11 is 0. The first-order valence-corrected chi connectivity index (χ1v) is 6.65. The summed E-state index contributed by atoms with van der Waals surface area (Å²) in [6.45, 7) is 4.06. The molecular weight excluding hydrogens is 266 g/mol. The van der Waals surface area contributed by atoms with Gasteiger partial charge in [0.1, 0.15) is 0 Å². The van der Waals surface area contributed by atoms with E-state index in [1.54, 1.807) is 37.3 Å². The van der Waals surface area contributed by atoms with Crippen LogP contribution in [0.25, 0.3) is 0 Å². The van der Waals surface area contributed by atoms with Gasteiger partial charge in [0.15, 0.2) is 0 Å². The number of nitrogen functional groups attached to an aromatic ring is 1. The molecule has 2 aromatic rings. The number of nitrogens with two attached hydrogens (primary N) is 1. The number of carbonyl (C=O) groups excluding carboxylic acids is 1. The lowest BCUT2D eigenvalue weighted by molar-refractivity contribution is 0.0526. The highest BCUT2D eigenvalue weighted by atomic mass is 16.5. The summed E-state index contributed by atoms with van der Waals surface area (Å²) < 4.78 is 4.92. The van der Waals surface area contributed by atoms with Crippen molar-refractivity contribution in [3.63, 3.8) is 0 Å². The summed E-state index contributed by atoms with van der Waals surface area (Å²) in [5.74, 6) is -0.338. The van der Waals surface area contributed by atoms with Gasteiger partial charge in [-0.15, -0.1) is 0 Å². The van der Waals surface area contributed by atoms with Gasteiger partial charge in [-0.05, 0) is 61.9 Å². The molecule has 0 atom stereocenters. The number of hydrogen-bond donors (Lipinski definition) is 1. The summed E-state index contributed by atoms with van der Waals surface area (Å²) in [6.07, 6.45) is 0. The normalized spacial score (nSPS) is 10.8. The fourth-order valence-corrected chi connectivity index (χ4v) is 1.78. The summed E-state index contributed by atoms with van der Waals surface area (Å²) in [4.78, 5) is 11.5. The number of benzene rings is 2. The minimum Gasteiger partial charge on any atom is -0.462 e. The van der Waals surface area contributed by atoms with E-state index in [0.717, 1.165) is 11.3 Å². The fourth-order valence-electron chi connectivity index (χ4n) is 1.78. The minimum absolute atomic E-state index is 0.338. The van der Waals surface area contributed by atoms with E-state index >= 15 is 0 Å². The lowest BCUT2D eigenvalue weighted by Gasteiger charge is -2.02. The van der Waals surface area contributed by atoms with Crippen molar-refractivity contribution >= 4 is 23.0 Å². The first kappa shape index (κ1) is 14.7. The third-order valence-corrected chi connectivity index (χ3v) is 2.87. The van der Waals surface area contributed by atoms with Crippen molar-refractivity contribution < 1.29 is 9.53 Å². The maximum absolute atomic E-state index is 11.5. The molecule has 0 saturated heterocycles. The molecule has 0 saturated carbocycles. The molecule has 0 fully saturated rings. The molecule has 21 heavy (non-hydrogen) atoms. The van der Waals surface area contributed by atoms with Gasteiger partial charge < -0.3 is 10.5 Å². The first-order valence-electron chi connectivity index (χ1n) is 6.65. The van der Waals surface area contributed by atoms with Gasteiger partial charge >= 0.3 is 5.97 Å². The quantitative estimate of drug-likeness (QED) is 0.519. The lowest BCUT2D eigenvalue weighted by Crippen LogP contribution is -2.03. The zero-order valence-corrected chi connectivity index (χ0v) is 12.0. The average Bonchev–Trinajstić information content (AvgIpc) is 2.47. The molecule has 5 heteroatoms. The van der Waals surface area contributed by atoms with Crippen LogP contribution >= 0.6 is 0 Å². The second-order valence-electron chi connectivity index (χ2n) is 4.51. The van der Waals surface area contributed by atoms with E-state index in [-0.39, 0.29) is 5.97 Å². The molecule has 0 heterocycles. The second-order valence-corrected chi connectivity index (χ2v) is 4.51. The van der Waals surface area contributed by atoms with E-state index in [1.807, 2.05) is 19.1 Å². The number of esters is 1. The minimum atomic E-state index is -0.338. The summed E-state index contributed by atoms with van der Waals surface area (Å²) in [6, 6.07) is 12.2. The summed E-state index contributed by atoms with van der Waals surface area (Å²) in [5, 5.41) is 8.33. The number of aryl methyl sites for hydroxylation is 1. The van der Waals surface area contributed by atoms with Crippen LogP contribution in [0.3, 0.4) is 0 Å². The predicted molar refractivity (Wildman–Crippen MR) is 82.2 cm³/mol. The Kier molecular flexibility index (Phi) is 4.66. The van der Waals surface area contributed by atoms with Crippen molar-refractivity contribution in [3.8, 4) is 0 Å². The molecule has 0 spiro atoms. The number of carbonyl (C=O) groups is 1. The van der Waals surface area contributed by atoms with Gasteiger partial charge in [-0.3, -0.25) is 0 Å². The second kappa shape index (κ2) is 6.65. The summed E-state index contributed by atoms with van der Waals surface area (Å²) in [5.41, 5.74) is 9.28. The molecular formula is C16H17N3O2. The van der Waals surface area contributed by atoms with E-state index in [0.29, 0.717) is 23.5 Å². The molecule has 2 rings (SSSR count). The van der Waals surface area contributed by atoms with Gasteiger partial charge in [-0.2, -0.15) is 10.2 Å².